The summed E-state index contributed by atoms with van der Waals surface area (Å²) in [5, 5.41) is 0. The van der Waals surface area contributed by atoms with E-state index in [1.54, 1.807) is 12.1 Å². The molecule has 0 fully saturated rings. The second kappa shape index (κ2) is 5.32. The van der Waals surface area contributed by atoms with Crippen molar-refractivity contribution in [2.45, 2.75) is 0 Å². The van der Waals surface area contributed by atoms with Gasteiger partial charge in [0.25, 0.3) is 0 Å². The van der Waals surface area contributed by atoms with E-state index in [1.165, 1.54) is 0 Å². The monoisotopic (exact) mass is 261 g/mol. The minimum Gasteiger partial charge on any atom is -0.282 e. The van der Waals surface area contributed by atoms with Crippen LogP contribution in [0.1, 0.15) is 0 Å². The van der Waals surface area contributed by atoms with E-state index < -0.39 is 7.94 Å². The van der Waals surface area contributed by atoms with Gasteiger partial charge in [-0.2, -0.15) is 9.79 Å². The quantitative estimate of drug-likeness (QED) is 0.826. The summed E-state index contributed by atoms with van der Waals surface area (Å²) in [5.74, 6) is 1.44. The molecule has 0 spiro atoms. The van der Waals surface area contributed by atoms with E-state index in [2.05, 4.69) is 6.58 Å². The highest BCUT2D eigenvalue weighted by molar-refractivity contribution is 7.63. The minimum atomic E-state index is -3.47. The molecule has 92 valence electrons. The summed E-state index contributed by atoms with van der Waals surface area (Å²) in [6.07, 6.45) is 0. The lowest BCUT2D eigenvalue weighted by Gasteiger charge is -2.08. The van der Waals surface area contributed by atoms with Crippen molar-refractivity contribution in [3.8, 4) is 16.9 Å². The Kier molecular flexibility index (Phi) is 3.78. The van der Waals surface area contributed by atoms with Gasteiger partial charge >= 0.3 is 7.94 Å². The van der Waals surface area contributed by atoms with Gasteiger partial charge in [-0.05, 0) is 23.3 Å². The SMILES string of the molecule is C=C[P+](O)(O)Oc1ccc(-c2ccccc2)cc1. The molecular formula is C14H14O3P+. The summed E-state index contributed by atoms with van der Waals surface area (Å²) in [6, 6.07) is 17.1. The fraction of sp³-hybridized carbons (Fsp3) is 0. The van der Waals surface area contributed by atoms with Gasteiger partial charge in [0.05, 0.1) is 0 Å². The van der Waals surface area contributed by atoms with Crippen LogP contribution in [0.5, 0.6) is 5.75 Å². The first-order chi connectivity index (χ1) is 8.61. The zero-order valence-electron chi connectivity index (χ0n) is 9.73. The van der Waals surface area contributed by atoms with Crippen molar-refractivity contribution in [1.29, 1.82) is 0 Å². The van der Waals surface area contributed by atoms with Crippen molar-refractivity contribution < 1.29 is 14.3 Å². The van der Waals surface area contributed by atoms with Crippen LogP contribution in [-0.2, 0) is 0 Å². The van der Waals surface area contributed by atoms with Gasteiger partial charge in [0, 0.05) is 0 Å². The van der Waals surface area contributed by atoms with E-state index in [9.17, 15) is 9.79 Å². The second-order valence-electron chi connectivity index (χ2n) is 3.75. The highest BCUT2D eigenvalue weighted by Crippen LogP contribution is 2.51. The molecule has 3 nitrogen and oxygen atoms in total. The molecular weight excluding hydrogens is 247 g/mol. The molecule has 0 aliphatic heterocycles. The third-order valence-corrected chi connectivity index (χ3v) is 3.39. The van der Waals surface area contributed by atoms with Gasteiger partial charge in [-0.25, -0.2) is 0 Å². The topological polar surface area (TPSA) is 49.7 Å². The largest absolute Gasteiger partial charge is 0.479 e. The molecule has 2 aromatic rings. The molecule has 0 amide bonds. The maximum absolute atomic E-state index is 9.39. The predicted octanol–water partition coefficient (Wildman–Crippen LogP) is 3.62. The van der Waals surface area contributed by atoms with Gasteiger partial charge in [-0.15, -0.1) is 0 Å². The van der Waals surface area contributed by atoms with Crippen LogP contribution < -0.4 is 4.52 Å². The van der Waals surface area contributed by atoms with Crippen LogP contribution >= 0.6 is 7.94 Å². The van der Waals surface area contributed by atoms with Gasteiger partial charge in [-0.3, -0.25) is 4.52 Å². The first-order valence-corrected chi connectivity index (χ1v) is 7.12. The molecule has 0 unspecified atom stereocenters. The number of rotatable bonds is 4. The van der Waals surface area contributed by atoms with E-state index in [0.29, 0.717) is 5.75 Å². The van der Waals surface area contributed by atoms with Crippen LogP contribution in [0.4, 0.5) is 0 Å². The first kappa shape index (κ1) is 12.8. The molecule has 0 aromatic heterocycles. The summed E-state index contributed by atoms with van der Waals surface area (Å²) < 4.78 is 5.05. The molecule has 18 heavy (non-hydrogen) atoms. The van der Waals surface area contributed by atoms with Crippen molar-refractivity contribution in [2.24, 2.45) is 0 Å². The van der Waals surface area contributed by atoms with E-state index in [4.69, 9.17) is 4.52 Å². The maximum Gasteiger partial charge on any atom is 0.479 e. The zero-order valence-corrected chi connectivity index (χ0v) is 10.6. The van der Waals surface area contributed by atoms with Crippen molar-refractivity contribution in [3.05, 3.63) is 67.0 Å². The molecule has 2 aromatic carbocycles. The third-order valence-electron chi connectivity index (χ3n) is 2.44. The van der Waals surface area contributed by atoms with E-state index in [1.807, 2.05) is 42.5 Å². The molecule has 0 saturated carbocycles. The fourth-order valence-corrected chi connectivity index (χ4v) is 2.04. The molecule has 0 aliphatic carbocycles. The van der Waals surface area contributed by atoms with Crippen molar-refractivity contribution in [1.82, 2.24) is 0 Å². The van der Waals surface area contributed by atoms with Crippen LogP contribution in [0.15, 0.2) is 67.0 Å². The lowest BCUT2D eigenvalue weighted by Crippen LogP contribution is -1.95. The average molecular weight is 261 g/mol. The summed E-state index contributed by atoms with van der Waals surface area (Å²) in [6.45, 7) is 3.32. The molecule has 4 heteroatoms. The summed E-state index contributed by atoms with van der Waals surface area (Å²) in [4.78, 5) is 18.8. The van der Waals surface area contributed by atoms with E-state index >= 15 is 0 Å². The van der Waals surface area contributed by atoms with E-state index in [-0.39, 0.29) is 0 Å². The van der Waals surface area contributed by atoms with Crippen molar-refractivity contribution >= 4 is 7.94 Å². The predicted molar refractivity (Wildman–Crippen MR) is 74.1 cm³/mol. The average Bonchev–Trinajstić information content (AvgIpc) is 2.40. The molecule has 0 heterocycles. The van der Waals surface area contributed by atoms with Gasteiger partial charge in [0.15, 0.2) is 5.75 Å². The van der Waals surface area contributed by atoms with Gasteiger partial charge < -0.3 is 0 Å². The Morgan fingerprint density at radius 3 is 2.00 bits per heavy atom. The van der Waals surface area contributed by atoms with Crippen LogP contribution in [0.3, 0.4) is 0 Å². The minimum absolute atomic E-state index is 0.410. The van der Waals surface area contributed by atoms with Crippen LogP contribution in [-0.4, -0.2) is 9.79 Å². The molecule has 0 bridgehead atoms. The molecule has 2 N–H and O–H groups in total. The Bertz CT molecular complexity index is 520. The lowest BCUT2D eigenvalue weighted by molar-refractivity contribution is 0.353. The third kappa shape index (κ3) is 3.17. The highest BCUT2D eigenvalue weighted by Gasteiger charge is 2.32. The molecule has 2 rings (SSSR count). The lowest BCUT2D eigenvalue weighted by atomic mass is 10.1. The van der Waals surface area contributed by atoms with Gasteiger partial charge in [0.1, 0.15) is 5.82 Å². The number of hydrogen-bond donors (Lipinski definition) is 2. The molecule has 0 radical (unpaired) electrons. The first-order valence-electron chi connectivity index (χ1n) is 5.44. The Labute approximate surface area is 107 Å². The number of benzene rings is 2. The normalized spacial score (nSPS) is 11.0. The second-order valence-corrected chi connectivity index (χ2v) is 5.48. The van der Waals surface area contributed by atoms with Crippen LogP contribution in [0, 0.1) is 0 Å². The molecule has 0 atom stereocenters. The van der Waals surface area contributed by atoms with Crippen LogP contribution in [0.25, 0.3) is 11.1 Å². The van der Waals surface area contributed by atoms with Gasteiger partial charge in [0.2, 0.25) is 0 Å². The highest BCUT2D eigenvalue weighted by atomic mass is 31.2. The summed E-state index contributed by atoms with van der Waals surface area (Å²) in [7, 11) is -3.47. The van der Waals surface area contributed by atoms with Crippen LogP contribution in [0.2, 0.25) is 0 Å². The standard InChI is InChI=1S/C14H14O3P/c1-2-18(15,16)17-14-10-8-13(9-11-14)12-6-4-3-5-7-12/h2-11,15-16H,1H2/q+1. The Hall–Kier alpha value is -1.67. The Morgan fingerprint density at radius 1 is 0.889 bits per heavy atom. The Balaban J connectivity index is 2.18. The number of hydrogen-bond acceptors (Lipinski definition) is 3. The molecule has 0 saturated heterocycles. The van der Waals surface area contributed by atoms with Crippen molar-refractivity contribution in [2.75, 3.05) is 0 Å². The maximum atomic E-state index is 9.39. The summed E-state index contributed by atoms with van der Waals surface area (Å²) in [5.41, 5.74) is 2.14. The Morgan fingerprint density at radius 2 is 1.44 bits per heavy atom. The fourth-order valence-electron chi connectivity index (χ4n) is 1.53. The van der Waals surface area contributed by atoms with Gasteiger partial charge in [-0.1, -0.05) is 49.0 Å². The summed E-state index contributed by atoms with van der Waals surface area (Å²) >= 11 is 0. The zero-order chi connectivity index (χ0) is 13.0. The van der Waals surface area contributed by atoms with E-state index in [0.717, 1.165) is 16.9 Å². The van der Waals surface area contributed by atoms with Crippen molar-refractivity contribution in [3.63, 3.8) is 0 Å². The smallest absolute Gasteiger partial charge is 0.282 e. The molecule has 0 aliphatic rings.